The van der Waals surface area contributed by atoms with Crippen molar-refractivity contribution in [3.63, 3.8) is 0 Å². The molecule has 2 saturated carbocycles. The molecule has 0 aliphatic heterocycles. The molecule has 0 radical (unpaired) electrons. The zero-order chi connectivity index (χ0) is 23.4. The first kappa shape index (κ1) is 24.8. The van der Waals surface area contributed by atoms with E-state index in [2.05, 4.69) is 77.1 Å². The highest BCUT2D eigenvalue weighted by Gasteiger charge is 2.57. The number of hydrogen-bond donors (Lipinski definition) is 0. The molecule has 0 heterocycles. The zero-order valence-corrected chi connectivity index (χ0v) is 22.7. The molecule has 0 N–H and O–H groups in total. The second-order valence-corrected chi connectivity index (χ2v) is 15.8. The quantitative estimate of drug-likeness (QED) is 0.370. The molecule has 33 heavy (non-hydrogen) atoms. The van der Waals surface area contributed by atoms with Crippen LogP contribution >= 0.6 is 7.26 Å². The maximum absolute atomic E-state index is 6.41. The molecule has 4 rings (SSSR count). The van der Waals surface area contributed by atoms with Crippen molar-refractivity contribution in [2.24, 2.45) is 0 Å². The van der Waals surface area contributed by atoms with Crippen LogP contribution in [0.5, 0.6) is 5.75 Å². The van der Waals surface area contributed by atoms with Crippen molar-refractivity contribution in [2.75, 3.05) is 0 Å². The Morgan fingerprint density at radius 1 is 0.727 bits per heavy atom. The van der Waals surface area contributed by atoms with E-state index in [1.54, 1.807) is 5.30 Å². The van der Waals surface area contributed by atoms with Gasteiger partial charge in [0, 0.05) is 11.1 Å². The summed E-state index contributed by atoms with van der Waals surface area (Å²) in [6.07, 6.45) is 14.6. The minimum absolute atomic E-state index is 0.180. The smallest absolute Gasteiger partial charge is 0.127 e. The highest BCUT2D eigenvalue weighted by Crippen LogP contribution is 2.75. The van der Waals surface area contributed by atoms with E-state index in [4.69, 9.17) is 4.74 Å². The third-order valence-electron chi connectivity index (χ3n) is 8.40. The van der Waals surface area contributed by atoms with Gasteiger partial charge in [-0.1, -0.05) is 43.2 Å². The molecule has 2 aromatic carbocycles. The molecule has 2 aromatic rings. The van der Waals surface area contributed by atoms with Crippen LogP contribution in [0.4, 0.5) is 0 Å². The van der Waals surface area contributed by atoms with Gasteiger partial charge in [-0.05, 0) is 104 Å². The summed E-state index contributed by atoms with van der Waals surface area (Å²) < 4.78 is 6.41. The summed E-state index contributed by atoms with van der Waals surface area (Å²) in [5.41, 5.74) is 6.70. The topological polar surface area (TPSA) is 9.23 Å². The molecule has 0 spiro atoms. The highest BCUT2D eigenvalue weighted by atomic mass is 31.2. The van der Waals surface area contributed by atoms with Crippen LogP contribution in [0.3, 0.4) is 0 Å². The largest absolute Gasteiger partial charge is 0.490 e. The van der Waals surface area contributed by atoms with Gasteiger partial charge in [-0.2, -0.15) is 0 Å². The van der Waals surface area contributed by atoms with Crippen molar-refractivity contribution >= 4 is 12.6 Å². The van der Waals surface area contributed by atoms with Crippen molar-refractivity contribution in [3.05, 3.63) is 48.0 Å². The van der Waals surface area contributed by atoms with Crippen molar-refractivity contribution < 1.29 is 4.74 Å². The third-order valence-corrected chi connectivity index (χ3v) is 14.8. The van der Waals surface area contributed by atoms with Gasteiger partial charge in [0.2, 0.25) is 0 Å². The molecule has 2 aliphatic carbocycles. The Hall–Kier alpha value is -1.33. The summed E-state index contributed by atoms with van der Waals surface area (Å²) in [7, 11) is -1.40. The Balaban J connectivity index is 1.96. The monoisotopic (exact) mass is 465 g/mol. The summed E-state index contributed by atoms with van der Waals surface area (Å²) in [6, 6.07) is 16.2. The minimum Gasteiger partial charge on any atom is -0.490 e. The van der Waals surface area contributed by atoms with E-state index in [1.165, 1.54) is 80.9 Å². The molecule has 2 fully saturated rings. The lowest BCUT2D eigenvalue weighted by atomic mass is 9.99. The molecule has 1 nitrogen and oxygen atoms in total. The van der Waals surface area contributed by atoms with E-state index in [9.17, 15) is 0 Å². The van der Waals surface area contributed by atoms with Gasteiger partial charge in [0.15, 0.2) is 0 Å². The fraction of sp³-hybridized carbons (Fsp3) is 0.613. The Morgan fingerprint density at radius 2 is 1.30 bits per heavy atom. The number of hydrogen-bond acceptors (Lipinski definition) is 1. The molecule has 2 heteroatoms. The Labute approximate surface area is 204 Å². The van der Waals surface area contributed by atoms with Crippen LogP contribution in [0, 0.1) is 6.92 Å². The van der Waals surface area contributed by atoms with Crippen molar-refractivity contribution in [1.29, 1.82) is 0 Å². The maximum atomic E-state index is 6.41. The summed E-state index contributed by atoms with van der Waals surface area (Å²) in [5, 5.41) is 1.72. The molecular formula is C31H46OP+. The molecule has 0 aromatic heterocycles. The molecular weight excluding hydrogens is 419 g/mol. The van der Waals surface area contributed by atoms with E-state index in [0.29, 0.717) is 0 Å². The van der Waals surface area contributed by atoms with E-state index in [-0.39, 0.29) is 6.10 Å². The molecule has 0 amide bonds. The van der Waals surface area contributed by atoms with Crippen LogP contribution in [0.15, 0.2) is 42.5 Å². The SMILES string of the molecule is Cc1cccc(OC(C)C)c1-c1ccccc1[P+](C(C)C)(C1CCCCC1)C1CCCCC1. The standard InChI is InChI=1S/C31H46OP/c1-23(2)32-29-21-14-15-25(5)31(29)28-20-12-13-22-30(28)33(24(3)4,26-16-8-6-9-17-26)27-18-10-7-11-19-27/h12-15,20-24,26-27H,6-11,16-19H2,1-5H3/q+1. The van der Waals surface area contributed by atoms with E-state index >= 15 is 0 Å². The van der Waals surface area contributed by atoms with Gasteiger partial charge in [0.25, 0.3) is 0 Å². The predicted octanol–water partition coefficient (Wildman–Crippen LogP) is 9.17. The number of aryl methyl sites for hydroxylation is 1. The zero-order valence-electron chi connectivity index (χ0n) is 21.8. The summed E-state index contributed by atoms with van der Waals surface area (Å²) >= 11 is 0. The molecule has 0 bridgehead atoms. The Kier molecular flexibility index (Phi) is 8.22. The number of ether oxygens (including phenoxy) is 1. The average molecular weight is 466 g/mol. The maximum Gasteiger partial charge on any atom is 0.127 e. The van der Waals surface area contributed by atoms with Crippen LogP contribution < -0.4 is 10.0 Å². The fourth-order valence-electron chi connectivity index (χ4n) is 7.19. The minimum atomic E-state index is -1.40. The van der Waals surface area contributed by atoms with Crippen LogP contribution in [-0.2, 0) is 0 Å². The molecule has 0 unspecified atom stereocenters. The van der Waals surface area contributed by atoms with Crippen molar-refractivity contribution in [2.45, 2.75) is 122 Å². The van der Waals surface area contributed by atoms with Gasteiger partial charge in [0.05, 0.1) is 30.3 Å². The molecule has 180 valence electrons. The molecule has 0 saturated heterocycles. The van der Waals surface area contributed by atoms with Gasteiger partial charge < -0.3 is 4.74 Å². The summed E-state index contributed by atoms with van der Waals surface area (Å²) in [5.74, 6) is 1.06. The fourth-order valence-corrected chi connectivity index (χ4v) is 14.2. The van der Waals surface area contributed by atoms with Gasteiger partial charge in [0.1, 0.15) is 11.1 Å². The first-order valence-electron chi connectivity index (χ1n) is 13.7. The lowest BCUT2D eigenvalue weighted by molar-refractivity contribution is 0.243. The van der Waals surface area contributed by atoms with Crippen molar-refractivity contribution in [1.82, 2.24) is 0 Å². The third kappa shape index (κ3) is 4.91. The van der Waals surface area contributed by atoms with Gasteiger partial charge >= 0.3 is 0 Å². The lowest BCUT2D eigenvalue weighted by Gasteiger charge is -2.46. The van der Waals surface area contributed by atoms with Gasteiger partial charge in [-0.25, -0.2) is 0 Å². The second kappa shape index (κ2) is 10.9. The molecule has 2 aliphatic rings. The van der Waals surface area contributed by atoms with E-state index in [0.717, 1.165) is 22.7 Å². The lowest BCUT2D eigenvalue weighted by Crippen LogP contribution is -2.39. The first-order chi connectivity index (χ1) is 16.0. The molecule has 0 atom stereocenters. The van der Waals surface area contributed by atoms with Gasteiger partial charge in [-0.15, -0.1) is 0 Å². The number of rotatable bonds is 7. The van der Waals surface area contributed by atoms with Crippen LogP contribution in [0.1, 0.15) is 97.5 Å². The first-order valence-corrected chi connectivity index (χ1v) is 15.7. The van der Waals surface area contributed by atoms with Crippen LogP contribution in [-0.4, -0.2) is 23.1 Å². The van der Waals surface area contributed by atoms with Crippen LogP contribution in [0.2, 0.25) is 0 Å². The van der Waals surface area contributed by atoms with E-state index < -0.39 is 7.26 Å². The van der Waals surface area contributed by atoms with E-state index in [1.807, 2.05) is 0 Å². The number of benzene rings is 2. The predicted molar refractivity (Wildman–Crippen MR) is 148 cm³/mol. The van der Waals surface area contributed by atoms with Crippen LogP contribution in [0.25, 0.3) is 11.1 Å². The van der Waals surface area contributed by atoms with Crippen molar-refractivity contribution in [3.8, 4) is 16.9 Å². The van der Waals surface area contributed by atoms with Gasteiger partial charge in [-0.3, -0.25) is 0 Å². The highest BCUT2D eigenvalue weighted by molar-refractivity contribution is 7.85. The normalized spacial score (nSPS) is 18.8. The Morgan fingerprint density at radius 3 is 1.85 bits per heavy atom. The summed E-state index contributed by atoms with van der Waals surface area (Å²) in [4.78, 5) is 0. The average Bonchev–Trinajstić information content (AvgIpc) is 2.81. The summed E-state index contributed by atoms with van der Waals surface area (Å²) in [6.45, 7) is 11.7. The Bertz CT molecular complexity index is 885. The second-order valence-electron chi connectivity index (χ2n) is 11.1.